The molecule has 22 heavy (non-hydrogen) atoms. The molecule has 0 fully saturated rings. The average molecular weight is 340 g/mol. The normalized spacial score (nSPS) is 11.0. The van der Waals surface area contributed by atoms with Crippen LogP contribution in [0.4, 0.5) is 4.39 Å². The van der Waals surface area contributed by atoms with Crippen LogP contribution in [0, 0.1) is 12.7 Å². The second-order valence-electron chi connectivity index (χ2n) is 4.69. The number of aryl methyl sites for hydroxylation is 1. The van der Waals surface area contributed by atoms with Gasteiger partial charge in [-0.25, -0.2) is 14.2 Å². The molecule has 0 aliphatic rings. The van der Waals surface area contributed by atoms with Crippen molar-refractivity contribution >= 4 is 22.9 Å². The van der Waals surface area contributed by atoms with Gasteiger partial charge in [0.2, 0.25) is 0 Å². The summed E-state index contributed by atoms with van der Waals surface area (Å²) in [5, 5.41) is 4.03. The Morgan fingerprint density at radius 3 is 2.95 bits per heavy atom. The molecule has 5 nitrogen and oxygen atoms in total. The zero-order chi connectivity index (χ0) is 15.7. The van der Waals surface area contributed by atoms with E-state index in [1.807, 2.05) is 6.92 Å². The summed E-state index contributed by atoms with van der Waals surface area (Å²) in [6, 6.07) is 4.39. The van der Waals surface area contributed by atoms with E-state index in [9.17, 15) is 9.18 Å². The second kappa shape index (κ2) is 6.02. The molecule has 0 aliphatic carbocycles. The molecule has 3 aromatic rings. The van der Waals surface area contributed by atoms with Gasteiger partial charge in [-0.15, -0.1) is 11.3 Å². The van der Waals surface area contributed by atoms with Crippen LogP contribution in [0.25, 0.3) is 0 Å². The molecule has 2 aromatic heterocycles. The fourth-order valence-electron chi connectivity index (χ4n) is 2.06. The highest BCUT2D eigenvalue weighted by atomic mass is 35.5. The number of thiazole rings is 1. The lowest BCUT2D eigenvalue weighted by atomic mass is 10.2. The van der Waals surface area contributed by atoms with Crippen LogP contribution in [0.5, 0.6) is 0 Å². The van der Waals surface area contributed by atoms with Crippen molar-refractivity contribution in [1.29, 1.82) is 0 Å². The van der Waals surface area contributed by atoms with Crippen molar-refractivity contribution in [3.05, 3.63) is 67.1 Å². The Bertz CT molecular complexity index is 851. The van der Waals surface area contributed by atoms with E-state index in [-0.39, 0.29) is 17.1 Å². The van der Waals surface area contributed by atoms with E-state index in [0.717, 1.165) is 10.6 Å². The molecule has 114 valence electrons. The van der Waals surface area contributed by atoms with Gasteiger partial charge in [0.25, 0.3) is 0 Å². The maximum atomic E-state index is 13.9. The van der Waals surface area contributed by atoms with Gasteiger partial charge in [0.15, 0.2) is 5.82 Å². The lowest BCUT2D eigenvalue weighted by Crippen LogP contribution is -2.19. The minimum absolute atomic E-state index is 0.0268. The van der Waals surface area contributed by atoms with Crippen LogP contribution in [0.2, 0.25) is 5.02 Å². The summed E-state index contributed by atoms with van der Waals surface area (Å²) in [4.78, 5) is 17.0. The van der Waals surface area contributed by atoms with Crippen LogP contribution in [0.3, 0.4) is 0 Å². The van der Waals surface area contributed by atoms with E-state index in [1.54, 1.807) is 11.6 Å². The van der Waals surface area contributed by atoms with Crippen LogP contribution in [0.1, 0.15) is 22.0 Å². The zero-order valence-corrected chi connectivity index (χ0v) is 13.1. The van der Waals surface area contributed by atoms with Crippen molar-refractivity contribution in [3.8, 4) is 0 Å². The van der Waals surface area contributed by atoms with Gasteiger partial charge < -0.3 is 0 Å². The minimum atomic E-state index is -0.642. The van der Waals surface area contributed by atoms with Crippen molar-refractivity contribution in [3.63, 3.8) is 0 Å². The number of benzene rings is 1. The van der Waals surface area contributed by atoms with Gasteiger partial charge in [0, 0.05) is 21.9 Å². The van der Waals surface area contributed by atoms with Crippen LogP contribution in [-0.4, -0.2) is 14.7 Å². The summed E-state index contributed by atoms with van der Waals surface area (Å²) >= 11 is 7.47. The fourth-order valence-corrected chi connectivity index (χ4v) is 3.06. The summed E-state index contributed by atoms with van der Waals surface area (Å²) in [6.07, 6.45) is 0.397. The van der Waals surface area contributed by atoms with Crippen molar-refractivity contribution in [1.82, 2.24) is 14.7 Å². The molecular weight excluding hydrogens is 329 g/mol. The summed E-state index contributed by atoms with van der Waals surface area (Å²) in [6.45, 7) is 1.85. The molecule has 0 saturated heterocycles. The van der Waals surface area contributed by atoms with Gasteiger partial charge >= 0.3 is 5.76 Å². The third-order valence-electron chi connectivity index (χ3n) is 3.30. The first-order valence-corrected chi connectivity index (χ1v) is 7.69. The quantitative estimate of drug-likeness (QED) is 0.733. The minimum Gasteiger partial charge on any atom is -0.296 e. The summed E-state index contributed by atoms with van der Waals surface area (Å²) in [5.74, 6) is -0.700. The van der Waals surface area contributed by atoms with Crippen molar-refractivity contribution in [2.45, 2.75) is 19.9 Å². The Hall–Kier alpha value is -1.99. The molecule has 1 aromatic carbocycles. The lowest BCUT2D eigenvalue weighted by molar-refractivity contribution is 0.375. The fraction of sp³-hybridized carbons (Fsp3) is 0.214. The first-order chi connectivity index (χ1) is 10.6. The monoisotopic (exact) mass is 339 g/mol. The molecule has 8 heteroatoms. The summed E-state index contributed by atoms with van der Waals surface area (Å²) in [5.41, 5.74) is 2.83. The van der Waals surface area contributed by atoms with Gasteiger partial charge in [-0.05, 0) is 19.1 Å². The Labute approximate surface area is 134 Å². The zero-order valence-electron chi connectivity index (χ0n) is 11.5. The molecule has 2 heterocycles. The molecule has 0 unspecified atom stereocenters. The average Bonchev–Trinajstić information content (AvgIpc) is 3.03. The maximum absolute atomic E-state index is 13.9. The highest BCUT2D eigenvalue weighted by Crippen LogP contribution is 2.21. The van der Waals surface area contributed by atoms with Crippen LogP contribution in [-0.2, 0) is 13.0 Å². The number of nitrogens with zero attached hydrogens (tertiary/aromatic N) is 3. The SMILES string of the molecule is Cc1ncsc1Cc1noc(=O)n1Cc1c(F)cccc1Cl. The molecule has 0 spiro atoms. The molecule has 0 amide bonds. The first kappa shape index (κ1) is 14.9. The predicted octanol–water partition coefficient (Wildman–Crippen LogP) is 3.03. The Morgan fingerprint density at radius 1 is 1.45 bits per heavy atom. The van der Waals surface area contributed by atoms with Gasteiger partial charge in [-0.3, -0.25) is 9.09 Å². The van der Waals surface area contributed by atoms with Gasteiger partial charge in [0.05, 0.1) is 17.7 Å². The number of rotatable bonds is 4. The van der Waals surface area contributed by atoms with E-state index in [1.165, 1.54) is 28.0 Å². The molecule has 0 aliphatic heterocycles. The van der Waals surface area contributed by atoms with Gasteiger partial charge in [-0.2, -0.15) is 0 Å². The lowest BCUT2D eigenvalue weighted by Gasteiger charge is -2.07. The molecule has 0 bridgehead atoms. The smallest absolute Gasteiger partial charge is 0.296 e. The number of hydrogen-bond acceptors (Lipinski definition) is 5. The first-order valence-electron chi connectivity index (χ1n) is 6.43. The van der Waals surface area contributed by atoms with E-state index >= 15 is 0 Å². The van der Waals surface area contributed by atoms with E-state index in [2.05, 4.69) is 10.1 Å². The highest BCUT2D eigenvalue weighted by molar-refractivity contribution is 7.09. The third-order valence-corrected chi connectivity index (χ3v) is 4.59. The van der Waals surface area contributed by atoms with Crippen LogP contribution < -0.4 is 5.76 Å². The second-order valence-corrected chi connectivity index (χ2v) is 6.04. The topological polar surface area (TPSA) is 60.9 Å². The molecule has 0 radical (unpaired) electrons. The number of hydrogen-bond donors (Lipinski definition) is 0. The molecular formula is C14H11ClFN3O2S. The van der Waals surface area contributed by atoms with Crippen LogP contribution in [0.15, 0.2) is 33.0 Å². The molecule has 0 saturated carbocycles. The third kappa shape index (κ3) is 2.82. The number of aromatic nitrogens is 3. The van der Waals surface area contributed by atoms with Crippen LogP contribution >= 0.6 is 22.9 Å². The van der Waals surface area contributed by atoms with Crippen molar-refractivity contribution in [2.24, 2.45) is 0 Å². The summed E-state index contributed by atoms with van der Waals surface area (Å²) < 4.78 is 19.9. The predicted molar refractivity (Wildman–Crippen MR) is 80.9 cm³/mol. The standard InChI is InChI=1S/C14H11ClFN3O2S/c1-8-12(22-7-17-8)5-13-18-21-14(20)19(13)6-9-10(15)3-2-4-11(9)16/h2-4,7H,5-6H2,1H3. The highest BCUT2D eigenvalue weighted by Gasteiger charge is 2.17. The Balaban J connectivity index is 1.96. The molecule has 0 atom stereocenters. The van der Waals surface area contributed by atoms with Gasteiger partial charge in [0.1, 0.15) is 5.82 Å². The maximum Gasteiger partial charge on any atom is 0.441 e. The summed E-state index contributed by atoms with van der Waals surface area (Å²) in [7, 11) is 0. The van der Waals surface area contributed by atoms with Gasteiger partial charge in [-0.1, -0.05) is 22.8 Å². The van der Waals surface area contributed by atoms with Crippen molar-refractivity contribution in [2.75, 3.05) is 0 Å². The van der Waals surface area contributed by atoms with E-state index < -0.39 is 11.6 Å². The largest absolute Gasteiger partial charge is 0.441 e. The molecule has 3 rings (SSSR count). The Morgan fingerprint density at radius 2 is 2.27 bits per heavy atom. The Kier molecular flexibility index (Phi) is 4.08. The van der Waals surface area contributed by atoms with Crippen molar-refractivity contribution < 1.29 is 8.91 Å². The van der Waals surface area contributed by atoms with E-state index in [4.69, 9.17) is 16.1 Å². The van der Waals surface area contributed by atoms with E-state index in [0.29, 0.717) is 12.2 Å². The number of halogens is 2. The molecule has 0 N–H and O–H groups in total.